The van der Waals surface area contributed by atoms with Gasteiger partial charge < -0.3 is 0 Å². The van der Waals surface area contributed by atoms with Crippen LogP contribution in [-0.2, 0) is 19.5 Å². The Hall–Kier alpha value is -1.75. The van der Waals surface area contributed by atoms with Gasteiger partial charge in [-0.05, 0) is 51.3 Å². The number of hydrogen-bond acceptors (Lipinski definition) is 4. The fourth-order valence-corrected chi connectivity index (χ4v) is 3.31. The highest BCUT2D eigenvalue weighted by Crippen LogP contribution is 2.22. The van der Waals surface area contributed by atoms with Crippen molar-refractivity contribution in [2.75, 3.05) is 6.54 Å². The van der Waals surface area contributed by atoms with E-state index in [4.69, 9.17) is 0 Å². The molecule has 0 radical (unpaired) electrons. The van der Waals surface area contributed by atoms with Crippen LogP contribution in [0.2, 0.25) is 0 Å². The summed E-state index contributed by atoms with van der Waals surface area (Å²) >= 11 is 0. The van der Waals surface area contributed by atoms with Crippen LogP contribution in [0.1, 0.15) is 44.1 Å². The molecule has 1 fully saturated rings. The van der Waals surface area contributed by atoms with E-state index >= 15 is 0 Å². The molecule has 2 aromatic rings. The maximum absolute atomic E-state index is 4.45. The predicted octanol–water partition coefficient (Wildman–Crippen LogP) is 2.68. The Kier molecular flexibility index (Phi) is 5.16. The molecule has 0 saturated carbocycles. The summed E-state index contributed by atoms with van der Waals surface area (Å²) in [4.78, 5) is 11.5. The molecule has 0 spiro atoms. The topological polar surface area (TPSA) is 46.8 Å². The Labute approximate surface area is 132 Å². The van der Waals surface area contributed by atoms with E-state index in [1.54, 1.807) is 6.33 Å². The van der Waals surface area contributed by atoms with Crippen LogP contribution in [0.25, 0.3) is 0 Å². The minimum Gasteiger partial charge on any atom is -0.293 e. The van der Waals surface area contributed by atoms with E-state index in [2.05, 4.69) is 39.0 Å². The Morgan fingerprint density at radius 3 is 3.00 bits per heavy atom. The lowest BCUT2D eigenvalue weighted by Gasteiger charge is -2.35. The molecule has 0 bridgehead atoms. The molecule has 22 heavy (non-hydrogen) atoms. The summed E-state index contributed by atoms with van der Waals surface area (Å²) in [5.74, 6) is 1.09. The van der Waals surface area contributed by atoms with Crippen molar-refractivity contribution in [3.63, 3.8) is 0 Å². The first-order valence-corrected chi connectivity index (χ1v) is 8.37. The molecular formula is C17H25N5. The van der Waals surface area contributed by atoms with Gasteiger partial charge in [-0.25, -0.2) is 9.67 Å². The van der Waals surface area contributed by atoms with Crippen LogP contribution >= 0.6 is 0 Å². The summed E-state index contributed by atoms with van der Waals surface area (Å²) in [6.07, 6.45) is 9.71. The van der Waals surface area contributed by atoms with Gasteiger partial charge in [0, 0.05) is 24.5 Å². The normalized spacial score (nSPS) is 19.4. The maximum atomic E-state index is 4.45. The molecule has 0 N–H and O–H groups in total. The summed E-state index contributed by atoms with van der Waals surface area (Å²) in [6, 6.07) is 6.82. The molecule has 5 heteroatoms. The van der Waals surface area contributed by atoms with Crippen LogP contribution in [0.4, 0.5) is 0 Å². The van der Waals surface area contributed by atoms with Crippen LogP contribution < -0.4 is 0 Å². The summed E-state index contributed by atoms with van der Waals surface area (Å²) in [7, 11) is 0. The molecular weight excluding hydrogens is 274 g/mol. The van der Waals surface area contributed by atoms with Gasteiger partial charge in [-0.15, -0.1) is 0 Å². The molecule has 5 nitrogen and oxygen atoms in total. The lowest BCUT2D eigenvalue weighted by atomic mass is 9.97. The summed E-state index contributed by atoms with van der Waals surface area (Å²) in [5, 5.41) is 4.29. The van der Waals surface area contributed by atoms with Crippen molar-refractivity contribution in [1.82, 2.24) is 24.6 Å². The zero-order valence-electron chi connectivity index (χ0n) is 13.4. The van der Waals surface area contributed by atoms with Crippen LogP contribution in [0, 0.1) is 0 Å². The first kappa shape index (κ1) is 15.2. The van der Waals surface area contributed by atoms with Gasteiger partial charge in [0.05, 0.1) is 6.54 Å². The van der Waals surface area contributed by atoms with E-state index in [1.165, 1.54) is 37.9 Å². The van der Waals surface area contributed by atoms with Crippen molar-refractivity contribution in [3.05, 3.63) is 42.2 Å². The van der Waals surface area contributed by atoms with Crippen molar-refractivity contribution >= 4 is 0 Å². The number of piperidine rings is 1. The number of hydrogen-bond donors (Lipinski definition) is 0. The fraction of sp³-hybridized carbons (Fsp3) is 0.588. The fourth-order valence-electron chi connectivity index (χ4n) is 3.31. The SMILES string of the molecule is CCn1ncnc1CN1CCCCC1CCc1ccccn1. The van der Waals surface area contributed by atoms with Gasteiger partial charge in [0.2, 0.25) is 0 Å². The van der Waals surface area contributed by atoms with Crippen molar-refractivity contribution in [2.24, 2.45) is 0 Å². The minimum absolute atomic E-state index is 0.637. The third kappa shape index (κ3) is 3.71. The lowest BCUT2D eigenvalue weighted by molar-refractivity contribution is 0.127. The summed E-state index contributed by atoms with van der Waals surface area (Å²) in [6.45, 7) is 5.10. The first-order valence-electron chi connectivity index (χ1n) is 8.37. The van der Waals surface area contributed by atoms with Crippen LogP contribution in [0.5, 0.6) is 0 Å². The van der Waals surface area contributed by atoms with Gasteiger partial charge in [0.1, 0.15) is 12.2 Å². The minimum atomic E-state index is 0.637. The Balaban J connectivity index is 1.61. The van der Waals surface area contributed by atoms with E-state index in [9.17, 15) is 0 Å². The predicted molar refractivity (Wildman–Crippen MR) is 86.3 cm³/mol. The third-order valence-corrected chi connectivity index (χ3v) is 4.55. The van der Waals surface area contributed by atoms with E-state index in [0.29, 0.717) is 6.04 Å². The molecule has 1 saturated heterocycles. The molecule has 2 aromatic heterocycles. The quantitative estimate of drug-likeness (QED) is 0.823. The third-order valence-electron chi connectivity index (χ3n) is 4.55. The monoisotopic (exact) mass is 299 g/mol. The molecule has 0 amide bonds. The number of aryl methyl sites for hydroxylation is 2. The van der Waals surface area contributed by atoms with Crippen molar-refractivity contribution in [1.29, 1.82) is 0 Å². The van der Waals surface area contributed by atoms with Gasteiger partial charge in [-0.1, -0.05) is 12.5 Å². The molecule has 118 valence electrons. The second-order valence-corrected chi connectivity index (χ2v) is 5.97. The molecule has 0 aromatic carbocycles. The van der Waals surface area contributed by atoms with E-state index < -0.39 is 0 Å². The molecule has 1 aliphatic rings. The van der Waals surface area contributed by atoms with E-state index in [-0.39, 0.29) is 0 Å². The number of nitrogens with zero attached hydrogens (tertiary/aromatic N) is 5. The van der Waals surface area contributed by atoms with Crippen molar-refractivity contribution in [2.45, 2.75) is 58.2 Å². The van der Waals surface area contributed by atoms with E-state index in [1.807, 2.05) is 16.9 Å². The summed E-state index contributed by atoms with van der Waals surface area (Å²) in [5.41, 5.74) is 1.20. The number of likely N-dealkylation sites (tertiary alicyclic amines) is 1. The average molecular weight is 299 g/mol. The number of rotatable bonds is 6. The number of pyridine rings is 1. The molecule has 3 rings (SSSR count). The zero-order valence-corrected chi connectivity index (χ0v) is 13.4. The molecule has 0 aliphatic carbocycles. The van der Waals surface area contributed by atoms with Crippen molar-refractivity contribution < 1.29 is 0 Å². The molecule has 3 heterocycles. The highest BCUT2D eigenvalue weighted by atomic mass is 15.3. The Morgan fingerprint density at radius 2 is 2.18 bits per heavy atom. The second kappa shape index (κ2) is 7.49. The average Bonchev–Trinajstić information content (AvgIpc) is 3.02. The lowest BCUT2D eigenvalue weighted by Crippen LogP contribution is -2.40. The zero-order chi connectivity index (χ0) is 15.2. The van der Waals surface area contributed by atoms with Crippen LogP contribution in [-0.4, -0.2) is 37.2 Å². The van der Waals surface area contributed by atoms with Gasteiger partial charge >= 0.3 is 0 Å². The van der Waals surface area contributed by atoms with Gasteiger partial charge in [0.15, 0.2) is 0 Å². The molecule has 1 aliphatic heterocycles. The van der Waals surface area contributed by atoms with E-state index in [0.717, 1.165) is 25.3 Å². The van der Waals surface area contributed by atoms with Crippen molar-refractivity contribution in [3.8, 4) is 0 Å². The Bertz CT molecular complexity index is 565. The maximum Gasteiger partial charge on any atom is 0.141 e. The number of aromatic nitrogens is 4. The Morgan fingerprint density at radius 1 is 1.23 bits per heavy atom. The highest BCUT2D eigenvalue weighted by molar-refractivity contribution is 5.04. The van der Waals surface area contributed by atoms with Crippen LogP contribution in [0.15, 0.2) is 30.7 Å². The molecule has 1 atom stereocenters. The van der Waals surface area contributed by atoms with Crippen LogP contribution in [0.3, 0.4) is 0 Å². The first-order chi connectivity index (χ1) is 10.9. The van der Waals surface area contributed by atoms with Gasteiger partial charge in [-0.2, -0.15) is 5.10 Å². The van der Waals surface area contributed by atoms with Gasteiger partial charge in [-0.3, -0.25) is 9.88 Å². The smallest absolute Gasteiger partial charge is 0.141 e. The second-order valence-electron chi connectivity index (χ2n) is 5.97. The highest BCUT2D eigenvalue weighted by Gasteiger charge is 2.23. The summed E-state index contributed by atoms with van der Waals surface area (Å²) < 4.78 is 2.00. The standard InChI is InChI=1S/C17H25N5/c1-2-22-17(19-14-20-22)13-21-12-6-4-8-16(21)10-9-15-7-3-5-11-18-15/h3,5,7,11,14,16H,2,4,6,8-10,12-13H2,1H3. The largest absolute Gasteiger partial charge is 0.293 e. The van der Waals surface area contributed by atoms with Gasteiger partial charge in [0.25, 0.3) is 0 Å². The molecule has 1 unspecified atom stereocenters.